The predicted molar refractivity (Wildman–Crippen MR) is 129 cm³/mol. The molecule has 3 aromatic rings. The van der Waals surface area contributed by atoms with Crippen molar-refractivity contribution in [3.8, 4) is 11.3 Å². The molecule has 0 spiro atoms. The van der Waals surface area contributed by atoms with Gasteiger partial charge in [-0.1, -0.05) is 0 Å². The van der Waals surface area contributed by atoms with Crippen molar-refractivity contribution in [2.24, 2.45) is 5.92 Å². The molecule has 0 bridgehead atoms. The summed E-state index contributed by atoms with van der Waals surface area (Å²) in [5.74, 6) is -2.10. The summed E-state index contributed by atoms with van der Waals surface area (Å²) in [4.78, 5) is 24.4. The molecule has 1 aliphatic rings. The van der Waals surface area contributed by atoms with Gasteiger partial charge in [0.15, 0.2) is 0 Å². The molecule has 8 nitrogen and oxygen atoms in total. The molecular formula is C25H24F5N5O3S. The first-order valence-electron chi connectivity index (χ1n) is 11.7. The van der Waals surface area contributed by atoms with Crippen LogP contribution in [0.4, 0.5) is 22.0 Å². The van der Waals surface area contributed by atoms with Crippen LogP contribution in [0.2, 0.25) is 0 Å². The number of carbonyl (C=O) groups is 1. The minimum atomic E-state index is -4.59. The summed E-state index contributed by atoms with van der Waals surface area (Å²) in [6, 6.07) is 6.34. The predicted octanol–water partition coefficient (Wildman–Crippen LogP) is 4.14. The highest BCUT2D eigenvalue weighted by Gasteiger charge is 2.48. The first-order chi connectivity index (χ1) is 18.2. The van der Waals surface area contributed by atoms with Crippen LogP contribution in [-0.2, 0) is 27.5 Å². The summed E-state index contributed by atoms with van der Waals surface area (Å²) in [6.45, 7) is 2.20. The van der Waals surface area contributed by atoms with Crippen molar-refractivity contribution in [1.29, 1.82) is 0 Å². The molecule has 2 atom stereocenters. The Morgan fingerprint density at radius 1 is 1.05 bits per heavy atom. The van der Waals surface area contributed by atoms with Gasteiger partial charge in [-0.05, 0) is 62.7 Å². The summed E-state index contributed by atoms with van der Waals surface area (Å²) in [5.41, 5.74) is -1.99. The number of hydrogen-bond acceptors (Lipinski definition) is 6. The van der Waals surface area contributed by atoms with Gasteiger partial charge in [-0.2, -0.15) is 17.5 Å². The smallest absolute Gasteiger partial charge is 0.349 e. The standard InChI is InChI=1S/C25H24F5N5O3S/c1-24(2,27)16-9-21(35(13-16)39(37,38)19-6-4-17(26)5-7-19)23(36)32-12-18-10-20(34-14-33-18)15-3-8-22(31-11-15)25(28,29)30/h3-8,10-11,14,16,21H,9,12-13H2,1-2H3,(H,32,36)/t16?,21-/m0/s1. The molecule has 14 heteroatoms. The Balaban J connectivity index is 1.52. The van der Waals surface area contributed by atoms with E-state index in [4.69, 9.17) is 0 Å². The van der Waals surface area contributed by atoms with Crippen LogP contribution in [0.15, 0.2) is 59.9 Å². The first-order valence-corrected chi connectivity index (χ1v) is 13.2. The van der Waals surface area contributed by atoms with E-state index in [1.165, 1.54) is 26.0 Å². The number of halogens is 5. The molecule has 1 aliphatic heterocycles. The van der Waals surface area contributed by atoms with Gasteiger partial charge in [0.05, 0.1) is 22.8 Å². The maximum atomic E-state index is 14.8. The first kappa shape index (κ1) is 28.5. The largest absolute Gasteiger partial charge is 0.433 e. The Bertz CT molecular complexity index is 1440. The lowest BCUT2D eigenvalue weighted by molar-refractivity contribution is -0.141. The molecule has 0 radical (unpaired) electrons. The van der Waals surface area contributed by atoms with Gasteiger partial charge in [-0.25, -0.2) is 27.2 Å². The van der Waals surface area contributed by atoms with E-state index in [0.717, 1.165) is 47.2 Å². The van der Waals surface area contributed by atoms with Crippen LogP contribution in [0, 0.1) is 11.7 Å². The zero-order valence-electron chi connectivity index (χ0n) is 20.8. The van der Waals surface area contributed by atoms with Gasteiger partial charge in [0.2, 0.25) is 15.9 Å². The van der Waals surface area contributed by atoms with Crippen LogP contribution < -0.4 is 5.32 Å². The molecule has 4 rings (SSSR count). The number of nitrogens with zero attached hydrogens (tertiary/aromatic N) is 4. The fourth-order valence-corrected chi connectivity index (χ4v) is 5.85. The van der Waals surface area contributed by atoms with Crippen molar-refractivity contribution < 1.29 is 35.2 Å². The van der Waals surface area contributed by atoms with Gasteiger partial charge in [0, 0.05) is 24.2 Å². The number of alkyl halides is 4. The van der Waals surface area contributed by atoms with Crippen molar-refractivity contribution >= 4 is 15.9 Å². The van der Waals surface area contributed by atoms with E-state index < -0.39 is 51.2 Å². The number of benzene rings is 1. The van der Waals surface area contributed by atoms with Crippen LogP contribution in [0.1, 0.15) is 31.7 Å². The minimum absolute atomic E-state index is 0.0813. The summed E-state index contributed by atoms with van der Waals surface area (Å²) in [7, 11) is -4.26. The van der Waals surface area contributed by atoms with E-state index >= 15 is 0 Å². The zero-order chi connectivity index (χ0) is 28.6. The topological polar surface area (TPSA) is 105 Å². The molecule has 208 valence electrons. The van der Waals surface area contributed by atoms with Gasteiger partial charge in [-0.15, -0.1) is 0 Å². The second kappa shape index (κ2) is 10.6. The Hall–Kier alpha value is -3.52. The van der Waals surface area contributed by atoms with E-state index in [1.807, 2.05) is 0 Å². The third kappa shape index (κ3) is 6.38. The van der Waals surface area contributed by atoms with Crippen LogP contribution >= 0.6 is 0 Å². The van der Waals surface area contributed by atoms with Crippen molar-refractivity contribution in [3.05, 3.63) is 72.2 Å². The molecular weight excluding hydrogens is 545 g/mol. The molecule has 39 heavy (non-hydrogen) atoms. The number of hydrogen-bond donors (Lipinski definition) is 1. The molecule has 1 saturated heterocycles. The summed E-state index contributed by atoms with van der Waals surface area (Å²) in [5, 5.41) is 2.60. The Labute approximate surface area is 221 Å². The van der Waals surface area contributed by atoms with E-state index in [2.05, 4.69) is 20.3 Å². The van der Waals surface area contributed by atoms with E-state index in [9.17, 15) is 35.2 Å². The minimum Gasteiger partial charge on any atom is -0.349 e. The lowest BCUT2D eigenvalue weighted by Crippen LogP contribution is -2.45. The Kier molecular flexibility index (Phi) is 7.72. The van der Waals surface area contributed by atoms with Gasteiger partial charge < -0.3 is 5.32 Å². The highest BCUT2D eigenvalue weighted by molar-refractivity contribution is 7.89. The molecule has 0 saturated carbocycles. The number of aromatic nitrogens is 3. The molecule has 1 unspecified atom stereocenters. The van der Waals surface area contributed by atoms with E-state index in [1.54, 1.807) is 0 Å². The lowest BCUT2D eigenvalue weighted by Gasteiger charge is -2.24. The highest BCUT2D eigenvalue weighted by Crippen LogP contribution is 2.37. The monoisotopic (exact) mass is 569 g/mol. The van der Waals surface area contributed by atoms with Crippen molar-refractivity contribution in [2.45, 2.75) is 49.6 Å². The molecule has 3 heterocycles. The van der Waals surface area contributed by atoms with Gasteiger partial charge >= 0.3 is 6.18 Å². The van der Waals surface area contributed by atoms with Crippen molar-refractivity contribution in [3.63, 3.8) is 0 Å². The maximum Gasteiger partial charge on any atom is 0.433 e. The molecule has 1 fully saturated rings. The van der Waals surface area contributed by atoms with Crippen LogP contribution in [0.5, 0.6) is 0 Å². The summed E-state index contributed by atoms with van der Waals surface area (Å²) >= 11 is 0. The third-order valence-electron chi connectivity index (χ3n) is 6.47. The van der Waals surface area contributed by atoms with Crippen molar-refractivity contribution in [1.82, 2.24) is 24.6 Å². The second-order valence-electron chi connectivity index (χ2n) is 9.58. The number of carbonyl (C=O) groups excluding carboxylic acids is 1. The average Bonchev–Trinajstić information content (AvgIpc) is 3.35. The van der Waals surface area contributed by atoms with Gasteiger partial charge in [-0.3, -0.25) is 9.78 Å². The highest BCUT2D eigenvalue weighted by atomic mass is 32.2. The Morgan fingerprint density at radius 2 is 1.74 bits per heavy atom. The lowest BCUT2D eigenvalue weighted by atomic mass is 9.90. The van der Waals surface area contributed by atoms with Crippen LogP contribution in [0.3, 0.4) is 0 Å². The molecule has 1 N–H and O–H groups in total. The number of rotatable bonds is 7. The number of pyridine rings is 1. The normalized spacial score (nSPS) is 18.7. The quantitative estimate of drug-likeness (QED) is 0.429. The second-order valence-corrected chi connectivity index (χ2v) is 11.5. The van der Waals surface area contributed by atoms with Gasteiger partial charge in [0.1, 0.15) is 29.5 Å². The molecule has 1 amide bonds. The summed E-state index contributed by atoms with van der Waals surface area (Å²) in [6.07, 6.45) is -2.49. The SMILES string of the molecule is CC(C)(F)C1C[C@@H](C(=O)NCc2cc(-c3ccc(C(F)(F)F)nc3)ncn2)N(S(=O)(=O)c2ccc(F)cc2)C1. The van der Waals surface area contributed by atoms with Crippen LogP contribution in [0.25, 0.3) is 11.3 Å². The molecule has 1 aromatic carbocycles. The molecule has 0 aliphatic carbocycles. The number of amides is 1. The van der Waals surface area contributed by atoms with E-state index in [-0.39, 0.29) is 30.1 Å². The Morgan fingerprint density at radius 3 is 2.33 bits per heavy atom. The third-order valence-corrected chi connectivity index (χ3v) is 8.36. The zero-order valence-corrected chi connectivity index (χ0v) is 21.6. The van der Waals surface area contributed by atoms with E-state index in [0.29, 0.717) is 11.3 Å². The number of nitrogens with one attached hydrogen (secondary N) is 1. The van der Waals surface area contributed by atoms with Crippen LogP contribution in [-0.4, -0.2) is 51.8 Å². The fourth-order valence-electron chi connectivity index (χ4n) is 4.21. The number of sulfonamides is 1. The van der Waals surface area contributed by atoms with Crippen molar-refractivity contribution in [2.75, 3.05) is 6.54 Å². The van der Waals surface area contributed by atoms with Gasteiger partial charge in [0.25, 0.3) is 0 Å². The average molecular weight is 570 g/mol. The maximum absolute atomic E-state index is 14.8. The fraction of sp³-hybridized carbons (Fsp3) is 0.360. The molecule has 2 aromatic heterocycles. The summed E-state index contributed by atoms with van der Waals surface area (Å²) < 4.78 is 94.0.